The molecule has 0 aliphatic carbocycles. The van der Waals surface area contributed by atoms with Gasteiger partial charge in [0.2, 0.25) is 0 Å². The van der Waals surface area contributed by atoms with Crippen molar-refractivity contribution in [3.63, 3.8) is 0 Å². The molecule has 3 aromatic carbocycles. The largest absolute Gasteiger partial charge is 0.462 e. The van der Waals surface area contributed by atoms with Gasteiger partial charge in [0.15, 0.2) is 0 Å². The van der Waals surface area contributed by atoms with E-state index in [0.29, 0.717) is 28.1 Å². The zero-order chi connectivity index (χ0) is 23.4. The van der Waals surface area contributed by atoms with Gasteiger partial charge in [-0.05, 0) is 60.5 Å². The van der Waals surface area contributed by atoms with Gasteiger partial charge in [-0.2, -0.15) is 0 Å². The number of carbonyl (C=O) groups excluding carboxylic acids is 2. The van der Waals surface area contributed by atoms with E-state index in [1.54, 1.807) is 60.4 Å². The van der Waals surface area contributed by atoms with Crippen LogP contribution in [0, 0.1) is 10.1 Å². The number of carbonyl (C=O) groups is 2. The van der Waals surface area contributed by atoms with Crippen molar-refractivity contribution in [1.82, 2.24) is 0 Å². The van der Waals surface area contributed by atoms with Gasteiger partial charge >= 0.3 is 5.97 Å². The van der Waals surface area contributed by atoms with Crippen molar-refractivity contribution >= 4 is 35.0 Å². The first-order valence-corrected chi connectivity index (χ1v) is 10.3. The summed E-state index contributed by atoms with van der Waals surface area (Å²) in [6, 6.07) is 22.2. The van der Waals surface area contributed by atoms with Gasteiger partial charge in [0, 0.05) is 17.7 Å². The van der Waals surface area contributed by atoms with Crippen molar-refractivity contribution in [2.24, 2.45) is 0 Å². The number of ether oxygens (including phenoxy) is 1. The first kappa shape index (κ1) is 21.7. The minimum Gasteiger partial charge on any atom is -0.462 e. The Balaban J connectivity index is 1.76. The topological polar surface area (TPSA) is 89.8 Å². The van der Waals surface area contributed by atoms with E-state index in [1.165, 1.54) is 12.1 Å². The van der Waals surface area contributed by atoms with Crippen LogP contribution in [-0.2, 0) is 9.53 Å². The summed E-state index contributed by atoms with van der Waals surface area (Å²) in [7, 11) is 0. The smallest absolute Gasteiger partial charge is 0.338 e. The van der Waals surface area contributed by atoms with Gasteiger partial charge in [-0.1, -0.05) is 36.4 Å². The number of nitro benzene ring substituents is 1. The van der Waals surface area contributed by atoms with E-state index in [1.807, 2.05) is 30.3 Å². The van der Waals surface area contributed by atoms with Crippen LogP contribution in [0.25, 0.3) is 11.8 Å². The molecule has 33 heavy (non-hydrogen) atoms. The van der Waals surface area contributed by atoms with E-state index in [0.717, 1.165) is 5.56 Å². The first-order chi connectivity index (χ1) is 16.0. The van der Waals surface area contributed by atoms with Crippen molar-refractivity contribution < 1.29 is 19.2 Å². The summed E-state index contributed by atoms with van der Waals surface area (Å²) in [4.78, 5) is 37.7. The Bertz CT molecular complexity index is 1280. The fourth-order valence-electron chi connectivity index (χ4n) is 3.55. The highest BCUT2D eigenvalue weighted by atomic mass is 16.6. The molecule has 3 aromatic rings. The maximum atomic E-state index is 13.5. The third-order valence-electron chi connectivity index (χ3n) is 5.09. The molecule has 1 amide bonds. The molecule has 0 N–H and O–H groups in total. The summed E-state index contributed by atoms with van der Waals surface area (Å²) < 4.78 is 5.09. The van der Waals surface area contributed by atoms with Gasteiger partial charge in [0.25, 0.3) is 11.6 Å². The van der Waals surface area contributed by atoms with Crippen molar-refractivity contribution in [2.45, 2.75) is 6.92 Å². The Labute approximate surface area is 190 Å². The number of non-ortho nitro benzene ring substituents is 1. The molecule has 1 aliphatic heterocycles. The van der Waals surface area contributed by atoms with E-state index < -0.39 is 10.9 Å². The molecule has 1 heterocycles. The standard InChI is InChI=1S/C26H20N2O5/c1-2-33-26(30)20-9-6-10-23(16-20)27-24(19-7-4-3-5-8-19)17-21(25(27)29)15-18-11-13-22(14-12-18)28(31)32/h3-17H,2H2,1H3/b21-15+. The maximum absolute atomic E-state index is 13.5. The van der Waals surface area contributed by atoms with Crippen molar-refractivity contribution in [3.8, 4) is 0 Å². The van der Waals surface area contributed by atoms with E-state index in [9.17, 15) is 19.7 Å². The molecule has 0 atom stereocenters. The molecular weight excluding hydrogens is 420 g/mol. The summed E-state index contributed by atoms with van der Waals surface area (Å²) >= 11 is 0. The van der Waals surface area contributed by atoms with E-state index in [2.05, 4.69) is 0 Å². The van der Waals surface area contributed by atoms with Gasteiger partial charge in [-0.25, -0.2) is 4.79 Å². The Hall–Kier alpha value is -4.52. The highest BCUT2D eigenvalue weighted by molar-refractivity contribution is 6.23. The molecule has 0 saturated carbocycles. The third-order valence-corrected chi connectivity index (χ3v) is 5.09. The third kappa shape index (κ3) is 4.57. The Morgan fingerprint density at radius 2 is 1.76 bits per heavy atom. The van der Waals surface area contributed by atoms with Crippen molar-refractivity contribution in [3.05, 3.63) is 117 Å². The Morgan fingerprint density at radius 3 is 2.42 bits per heavy atom. The van der Waals surface area contributed by atoms with Crippen LogP contribution < -0.4 is 4.90 Å². The molecular formula is C26H20N2O5. The predicted molar refractivity (Wildman–Crippen MR) is 125 cm³/mol. The lowest BCUT2D eigenvalue weighted by Crippen LogP contribution is -2.25. The van der Waals surface area contributed by atoms with Crippen molar-refractivity contribution in [1.29, 1.82) is 0 Å². The highest BCUT2D eigenvalue weighted by Gasteiger charge is 2.30. The molecule has 0 radical (unpaired) electrons. The molecule has 7 nitrogen and oxygen atoms in total. The quantitative estimate of drug-likeness (QED) is 0.226. The number of hydrogen-bond donors (Lipinski definition) is 0. The Morgan fingerprint density at radius 1 is 1.03 bits per heavy atom. The highest BCUT2D eigenvalue weighted by Crippen LogP contribution is 2.35. The summed E-state index contributed by atoms with van der Waals surface area (Å²) in [5.74, 6) is -0.730. The van der Waals surface area contributed by atoms with Crippen molar-refractivity contribution in [2.75, 3.05) is 11.5 Å². The van der Waals surface area contributed by atoms with Crippen LogP contribution in [-0.4, -0.2) is 23.4 Å². The minimum absolute atomic E-state index is 0.0205. The summed E-state index contributed by atoms with van der Waals surface area (Å²) in [6.07, 6.45) is 3.46. The zero-order valence-corrected chi connectivity index (χ0v) is 17.8. The Kier molecular flexibility index (Phi) is 6.13. The molecule has 1 aliphatic rings. The number of rotatable bonds is 6. The van der Waals surface area contributed by atoms with E-state index >= 15 is 0 Å². The maximum Gasteiger partial charge on any atom is 0.338 e. The summed E-state index contributed by atoms with van der Waals surface area (Å²) in [5, 5.41) is 10.9. The lowest BCUT2D eigenvalue weighted by Gasteiger charge is -2.21. The van der Waals surface area contributed by atoms with Crippen LogP contribution in [0.2, 0.25) is 0 Å². The normalized spacial score (nSPS) is 14.3. The number of anilines is 1. The SMILES string of the molecule is CCOC(=O)c1cccc(N2C(=O)/C(=C/c3ccc([N+](=O)[O-])cc3)C=C2c2ccccc2)c1. The van der Waals surface area contributed by atoms with E-state index in [-0.39, 0.29) is 18.2 Å². The molecule has 0 saturated heterocycles. The lowest BCUT2D eigenvalue weighted by molar-refractivity contribution is -0.384. The molecule has 164 valence electrons. The fourth-order valence-corrected chi connectivity index (χ4v) is 3.55. The van der Waals surface area contributed by atoms with Crippen LogP contribution in [0.1, 0.15) is 28.4 Å². The lowest BCUT2D eigenvalue weighted by atomic mass is 10.1. The predicted octanol–water partition coefficient (Wildman–Crippen LogP) is 5.24. The second-order valence-electron chi connectivity index (χ2n) is 7.26. The molecule has 4 rings (SSSR count). The summed E-state index contributed by atoms with van der Waals surface area (Å²) in [5.41, 5.74) is 3.44. The number of nitrogens with zero attached hydrogens (tertiary/aromatic N) is 2. The van der Waals surface area contributed by atoms with Gasteiger partial charge in [-0.15, -0.1) is 0 Å². The second-order valence-corrected chi connectivity index (χ2v) is 7.26. The molecule has 7 heteroatoms. The van der Waals surface area contributed by atoms with Crippen LogP contribution in [0.15, 0.2) is 90.5 Å². The van der Waals surface area contributed by atoms with Gasteiger partial charge < -0.3 is 4.74 Å². The average molecular weight is 440 g/mol. The molecule has 0 fully saturated rings. The molecule has 0 aromatic heterocycles. The van der Waals surface area contributed by atoms with E-state index in [4.69, 9.17) is 4.74 Å². The number of nitro groups is 1. The average Bonchev–Trinajstić information content (AvgIpc) is 3.16. The molecule has 0 spiro atoms. The molecule has 0 unspecified atom stereocenters. The fraction of sp³-hybridized carbons (Fsp3) is 0.0769. The van der Waals surface area contributed by atoms with Crippen LogP contribution in [0.5, 0.6) is 0 Å². The number of amides is 1. The minimum atomic E-state index is -0.469. The van der Waals surface area contributed by atoms with Gasteiger partial charge in [0.05, 0.1) is 28.5 Å². The van der Waals surface area contributed by atoms with Gasteiger partial charge in [0.1, 0.15) is 0 Å². The van der Waals surface area contributed by atoms with Crippen LogP contribution in [0.3, 0.4) is 0 Å². The first-order valence-electron chi connectivity index (χ1n) is 10.3. The van der Waals surface area contributed by atoms with Crippen LogP contribution in [0.4, 0.5) is 11.4 Å². The number of benzene rings is 3. The number of hydrogen-bond acceptors (Lipinski definition) is 5. The zero-order valence-electron chi connectivity index (χ0n) is 17.8. The summed E-state index contributed by atoms with van der Waals surface area (Å²) in [6.45, 7) is 1.99. The second kappa shape index (κ2) is 9.32. The molecule has 0 bridgehead atoms. The van der Waals surface area contributed by atoms with Crippen LogP contribution >= 0.6 is 0 Å². The monoisotopic (exact) mass is 440 g/mol. The van der Waals surface area contributed by atoms with Gasteiger partial charge in [-0.3, -0.25) is 19.8 Å². The number of esters is 1.